The van der Waals surface area contributed by atoms with Crippen molar-refractivity contribution in [3.8, 4) is 0 Å². The summed E-state index contributed by atoms with van der Waals surface area (Å²) in [5, 5.41) is 3.62. The minimum Gasteiger partial charge on any atom is -0.324 e. The standard InChI is InChI=1S/C16H26N2/c1-11(18-16(2,3)4)12-8-9-14-13(10-12)6-5-7-15(14)17/h8-11,15,18H,5-7,17H2,1-4H3/t11?,15-/m1/s1. The first-order valence-corrected chi connectivity index (χ1v) is 7.03. The number of nitrogens with two attached hydrogens (primary N) is 1. The summed E-state index contributed by atoms with van der Waals surface area (Å²) >= 11 is 0. The van der Waals surface area contributed by atoms with Gasteiger partial charge in [-0.3, -0.25) is 0 Å². The third-order valence-electron chi connectivity index (χ3n) is 3.68. The zero-order valence-corrected chi connectivity index (χ0v) is 12.1. The van der Waals surface area contributed by atoms with Gasteiger partial charge in [0.2, 0.25) is 0 Å². The van der Waals surface area contributed by atoms with Gasteiger partial charge in [0.15, 0.2) is 0 Å². The highest BCUT2D eigenvalue weighted by molar-refractivity contribution is 5.37. The van der Waals surface area contributed by atoms with E-state index in [2.05, 4.69) is 51.2 Å². The van der Waals surface area contributed by atoms with Crippen molar-refractivity contribution in [2.75, 3.05) is 0 Å². The molecule has 2 atom stereocenters. The summed E-state index contributed by atoms with van der Waals surface area (Å²) in [5.74, 6) is 0. The topological polar surface area (TPSA) is 38.0 Å². The lowest BCUT2D eigenvalue weighted by Gasteiger charge is -2.28. The van der Waals surface area contributed by atoms with Crippen molar-refractivity contribution in [2.45, 2.75) is 64.6 Å². The molecule has 0 bridgehead atoms. The Morgan fingerprint density at radius 2 is 2.06 bits per heavy atom. The predicted molar refractivity (Wildman–Crippen MR) is 77.6 cm³/mol. The molecule has 100 valence electrons. The number of benzene rings is 1. The Hall–Kier alpha value is -0.860. The predicted octanol–water partition coefficient (Wildman–Crippen LogP) is 3.47. The van der Waals surface area contributed by atoms with Crippen molar-refractivity contribution in [1.82, 2.24) is 5.32 Å². The second kappa shape index (κ2) is 5.02. The van der Waals surface area contributed by atoms with Crippen molar-refractivity contribution in [3.05, 3.63) is 34.9 Å². The van der Waals surface area contributed by atoms with E-state index in [9.17, 15) is 0 Å². The van der Waals surface area contributed by atoms with Crippen LogP contribution in [0, 0.1) is 0 Å². The Bertz CT molecular complexity index is 418. The van der Waals surface area contributed by atoms with Crippen LogP contribution in [-0.4, -0.2) is 5.54 Å². The Morgan fingerprint density at radius 3 is 2.72 bits per heavy atom. The first kappa shape index (κ1) is 13.6. The molecule has 0 radical (unpaired) electrons. The highest BCUT2D eigenvalue weighted by Crippen LogP contribution is 2.30. The molecule has 1 aliphatic carbocycles. The molecule has 0 heterocycles. The lowest BCUT2D eigenvalue weighted by Crippen LogP contribution is -2.37. The second-order valence-corrected chi connectivity index (χ2v) is 6.57. The minimum atomic E-state index is 0.145. The van der Waals surface area contributed by atoms with E-state index in [1.807, 2.05) is 0 Å². The molecule has 1 aromatic carbocycles. The maximum atomic E-state index is 6.16. The Kier molecular flexibility index (Phi) is 3.79. The van der Waals surface area contributed by atoms with Gasteiger partial charge in [-0.25, -0.2) is 0 Å². The van der Waals surface area contributed by atoms with Crippen LogP contribution in [-0.2, 0) is 6.42 Å². The SMILES string of the molecule is CC(NC(C)(C)C)c1ccc2c(c1)CCC[C@H]2N. The monoisotopic (exact) mass is 246 g/mol. The Balaban J connectivity index is 2.20. The zero-order chi connectivity index (χ0) is 13.3. The van der Waals surface area contributed by atoms with Crippen molar-refractivity contribution in [3.63, 3.8) is 0 Å². The molecule has 0 amide bonds. The van der Waals surface area contributed by atoms with E-state index in [1.54, 1.807) is 0 Å². The van der Waals surface area contributed by atoms with Gasteiger partial charge in [-0.15, -0.1) is 0 Å². The fourth-order valence-corrected chi connectivity index (χ4v) is 2.87. The van der Waals surface area contributed by atoms with Crippen LogP contribution in [0.2, 0.25) is 0 Å². The summed E-state index contributed by atoms with van der Waals surface area (Å²) in [4.78, 5) is 0. The van der Waals surface area contributed by atoms with E-state index in [0.717, 1.165) is 6.42 Å². The summed E-state index contributed by atoms with van der Waals surface area (Å²) < 4.78 is 0. The van der Waals surface area contributed by atoms with Gasteiger partial charge in [0.05, 0.1) is 0 Å². The average Bonchev–Trinajstić information content (AvgIpc) is 2.26. The maximum Gasteiger partial charge on any atom is 0.0297 e. The zero-order valence-electron chi connectivity index (χ0n) is 12.1. The van der Waals surface area contributed by atoms with Gasteiger partial charge < -0.3 is 11.1 Å². The second-order valence-electron chi connectivity index (χ2n) is 6.57. The maximum absolute atomic E-state index is 6.16. The molecule has 0 aromatic heterocycles. The largest absolute Gasteiger partial charge is 0.324 e. The smallest absolute Gasteiger partial charge is 0.0297 e. The van der Waals surface area contributed by atoms with Crippen molar-refractivity contribution in [1.29, 1.82) is 0 Å². The summed E-state index contributed by atoms with van der Waals surface area (Å²) in [5.41, 5.74) is 10.5. The average molecular weight is 246 g/mol. The molecule has 2 rings (SSSR count). The summed E-state index contributed by atoms with van der Waals surface area (Å²) in [6.07, 6.45) is 3.53. The van der Waals surface area contributed by atoms with E-state index < -0.39 is 0 Å². The van der Waals surface area contributed by atoms with Crippen LogP contribution in [0.25, 0.3) is 0 Å². The lowest BCUT2D eigenvalue weighted by atomic mass is 9.86. The van der Waals surface area contributed by atoms with Crippen LogP contribution in [0.15, 0.2) is 18.2 Å². The molecular formula is C16H26N2. The first-order valence-electron chi connectivity index (χ1n) is 7.03. The molecule has 3 N–H and O–H groups in total. The highest BCUT2D eigenvalue weighted by Gasteiger charge is 2.19. The Morgan fingerprint density at radius 1 is 1.33 bits per heavy atom. The van der Waals surface area contributed by atoms with Crippen LogP contribution in [0.3, 0.4) is 0 Å². The molecule has 0 fully saturated rings. The third kappa shape index (κ3) is 3.12. The van der Waals surface area contributed by atoms with Crippen LogP contribution >= 0.6 is 0 Å². The normalized spacial score (nSPS) is 21.5. The van der Waals surface area contributed by atoms with Crippen LogP contribution in [0.4, 0.5) is 0 Å². The quantitative estimate of drug-likeness (QED) is 0.838. The molecule has 1 unspecified atom stereocenters. The van der Waals surface area contributed by atoms with Gasteiger partial charge in [-0.05, 0) is 63.6 Å². The molecule has 2 heteroatoms. The van der Waals surface area contributed by atoms with Crippen LogP contribution < -0.4 is 11.1 Å². The van der Waals surface area contributed by atoms with Crippen LogP contribution in [0.1, 0.15) is 69.3 Å². The summed E-state index contributed by atoms with van der Waals surface area (Å²) in [6, 6.07) is 7.43. The fraction of sp³-hybridized carbons (Fsp3) is 0.625. The number of rotatable bonds is 2. The van der Waals surface area contributed by atoms with E-state index in [1.165, 1.54) is 29.5 Å². The van der Waals surface area contributed by atoms with E-state index >= 15 is 0 Å². The van der Waals surface area contributed by atoms with Gasteiger partial charge in [-0.1, -0.05) is 18.2 Å². The molecular weight excluding hydrogens is 220 g/mol. The van der Waals surface area contributed by atoms with Gasteiger partial charge in [-0.2, -0.15) is 0 Å². The molecule has 0 saturated heterocycles. The number of hydrogen-bond donors (Lipinski definition) is 2. The van der Waals surface area contributed by atoms with Crippen molar-refractivity contribution < 1.29 is 0 Å². The first-order chi connectivity index (χ1) is 8.37. The van der Waals surface area contributed by atoms with E-state index in [0.29, 0.717) is 6.04 Å². The van der Waals surface area contributed by atoms with Crippen molar-refractivity contribution in [2.24, 2.45) is 5.73 Å². The number of nitrogens with one attached hydrogen (secondary N) is 1. The number of fused-ring (bicyclic) bond motifs is 1. The van der Waals surface area contributed by atoms with E-state index in [-0.39, 0.29) is 11.6 Å². The third-order valence-corrected chi connectivity index (χ3v) is 3.68. The molecule has 2 nitrogen and oxygen atoms in total. The van der Waals surface area contributed by atoms with Gasteiger partial charge >= 0.3 is 0 Å². The highest BCUT2D eigenvalue weighted by atomic mass is 15.0. The molecule has 1 aliphatic rings. The van der Waals surface area contributed by atoms with Gasteiger partial charge in [0.25, 0.3) is 0 Å². The minimum absolute atomic E-state index is 0.145. The Labute approximate surface area is 111 Å². The number of hydrogen-bond acceptors (Lipinski definition) is 2. The molecule has 0 aliphatic heterocycles. The molecule has 1 aromatic rings. The molecule has 0 saturated carbocycles. The summed E-state index contributed by atoms with van der Waals surface area (Å²) in [6.45, 7) is 8.85. The van der Waals surface area contributed by atoms with Crippen LogP contribution in [0.5, 0.6) is 0 Å². The van der Waals surface area contributed by atoms with E-state index in [4.69, 9.17) is 5.73 Å². The van der Waals surface area contributed by atoms with Gasteiger partial charge in [0, 0.05) is 17.6 Å². The lowest BCUT2D eigenvalue weighted by molar-refractivity contribution is 0.378. The molecule has 18 heavy (non-hydrogen) atoms. The molecule has 0 spiro atoms. The van der Waals surface area contributed by atoms with Crippen molar-refractivity contribution >= 4 is 0 Å². The van der Waals surface area contributed by atoms with Gasteiger partial charge in [0.1, 0.15) is 0 Å². The fourth-order valence-electron chi connectivity index (χ4n) is 2.87. The number of aryl methyl sites for hydroxylation is 1. The summed E-state index contributed by atoms with van der Waals surface area (Å²) in [7, 11) is 0.